The van der Waals surface area contributed by atoms with Crippen molar-refractivity contribution in [1.29, 1.82) is 0 Å². The van der Waals surface area contributed by atoms with Crippen molar-refractivity contribution in [3.63, 3.8) is 0 Å². The predicted octanol–water partition coefficient (Wildman–Crippen LogP) is 3.47. The molecular formula is C14H24N4O3. The second-order valence-electron chi connectivity index (χ2n) is 4.87. The number of rotatable bonds is 10. The van der Waals surface area contributed by atoms with E-state index in [9.17, 15) is 10.1 Å². The number of anilines is 1. The first-order valence-corrected chi connectivity index (χ1v) is 7.49. The summed E-state index contributed by atoms with van der Waals surface area (Å²) in [5.41, 5.74) is -0.176. The molecular weight excluding hydrogens is 272 g/mol. The summed E-state index contributed by atoms with van der Waals surface area (Å²) < 4.78 is 5.38. The van der Waals surface area contributed by atoms with Crippen LogP contribution in [0.5, 0.6) is 5.88 Å². The normalized spacial score (nSPS) is 10.4. The third-order valence-electron chi connectivity index (χ3n) is 2.91. The number of nitro groups is 1. The molecule has 1 aromatic heterocycles. The lowest BCUT2D eigenvalue weighted by atomic mass is 10.2. The second kappa shape index (κ2) is 9.10. The van der Waals surface area contributed by atoms with Crippen LogP contribution in [0, 0.1) is 17.0 Å². The van der Waals surface area contributed by atoms with Gasteiger partial charge in [-0.05, 0) is 19.8 Å². The maximum Gasteiger partial charge on any atom is 0.372 e. The van der Waals surface area contributed by atoms with E-state index in [-0.39, 0.29) is 17.4 Å². The number of hydrogen-bond donors (Lipinski definition) is 1. The minimum Gasteiger partial charge on any atom is -0.473 e. The number of hydrogen-bond acceptors (Lipinski definition) is 6. The smallest absolute Gasteiger partial charge is 0.372 e. The summed E-state index contributed by atoms with van der Waals surface area (Å²) in [5.74, 6) is 0.753. The molecule has 0 fully saturated rings. The number of nitrogens with one attached hydrogen (secondary N) is 1. The molecule has 21 heavy (non-hydrogen) atoms. The molecule has 0 radical (unpaired) electrons. The summed E-state index contributed by atoms with van der Waals surface area (Å²) >= 11 is 0. The summed E-state index contributed by atoms with van der Waals surface area (Å²) in [6.45, 7) is 6.83. The van der Waals surface area contributed by atoms with Crippen molar-refractivity contribution in [1.82, 2.24) is 9.97 Å². The van der Waals surface area contributed by atoms with Crippen LogP contribution in [0.3, 0.4) is 0 Å². The number of aryl methyl sites for hydroxylation is 1. The Hall–Kier alpha value is -1.92. The van der Waals surface area contributed by atoms with Gasteiger partial charge in [-0.25, -0.2) is 4.98 Å². The monoisotopic (exact) mass is 296 g/mol. The molecule has 0 saturated carbocycles. The molecule has 1 N–H and O–H groups in total. The maximum absolute atomic E-state index is 11.3. The van der Waals surface area contributed by atoms with Crippen molar-refractivity contribution in [3.8, 4) is 5.88 Å². The van der Waals surface area contributed by atoms with Crippen LogP contribution in [-0.4, -0.2) is 28.0 Å². The lowest BCUT2D eigenvalue weighted by Gasteiger charge is -2.10. The maximum atomic E-state index is 11.3. The topological polar surface area (TPSA) is 90.2 Å². The summed E-state index contributed by atoms with van der Waals surface area (Å²) in [5, 5.41) is 14.3. The molecule has 0 aliphatic heterocycles. The van der Waals surface area contributed by atoms with Crippen LogP contribution in [0.15, 0.2) is 0 Å². The van der Waals surface area contributed by atoms with E-state index in [1.165, 1.54) is 0 Å². The van der Waals surface area contributed by atoms with E-state index in [0.717, 1.165) is 32.1 Å². The molecule has 7 nitrogen and oxygen atoms in total. The highest BCUT2D eigenvalue weighted by molar-refractivity contribution is 5.61. The van der Waals surface area contributed by atoms with Crippen molar-refractivity contribution >= 4 is 11.5 Å². The molecule has 0 aliphatic carbocycles. The molecule has 1 aromatic rings. The van der Waals surface area contributed by atoms with E-state index in [1.807, 2.05) is 6.92 Å². The largest absolute Gasteiger partial charge is 0.473 e. The van der Waals surface area contributed by atoms with Crippen molar-refractivity contribution in [2.45, 2.75) is 52.9 Å². The van der Waals surface area contributed by atoms with Crippen molar-refractivity contribution in [2.75, 3.05) is 18.5 Å². The van der Waals surface area contributed by atoms with Gasteiger partial charge in [-0.1, -0.05) is 33.1 Å². The Bertz CT molecular complexity index is 466. The van der Waals surface area contributed by atoms with E-state index in [4.69, 9.17) is 4.74 Å². The van der Waals surface area contributed by atoms with Crippen molar-refractivity contribution in [2.24, 2.45) is 0 Å². The standard InChI is InChI=1S/C14H24N4O3/c1-4-6-7-8-9-15-13-12(18(19)20)14(21-10-5-2)17-11(3)16-13/h4-10H2,1-3H3,(H,15,16,17). The van der Waals surface area contributed by atoms with Crippen LogP contribution in [0.25, 0.3) is 0 Å². The zero-order chi connectivity index (χ0) is 15.7. The number of aromatic nitrogens is 2. The van der Waals surface area contributed by atoms with E-state index >= 15 is 0 Å². The fourth-order valence-electron chi connectivity index (χ4n) is 1.89. The molecule has 0 aliphatic rings. The van der Waals surface area contributed by atoms with Crippen molar-refractivity contribution < 1.29 is 9.66 Å². The van der Waals surface area contributed by atoms with Crippen molar-refractivity contribution in [3.05, 3.63) is 15.9 Å². The van der Waals surface area contributed by atoms with E-state index in [0.29, 0.717) is 19.0 Å². The highest BCUT2D eigenvalue weighted by atomic mass is 16.6. The quantitative estimate of drug-likeness (QED) is 0.404. The lowest BCUT2D eigenvalue weighted by molar-refractivity contribution is -0.385. The van der Waals surface area contributed by atoms with Gasteiger partial charge in [0.05, 0.1) is 11.5 Å². The van der Waals surface area contributed by atoms with Gasteiger partial charge >= 0.3 is 5.69 Å². The summed E-state index contributed by atoms with van der Waals surface area (Å²) in [6.07, 6.45) is 5.14. The van der Waals surface area contributed by atoms with Crippen LogP contribution in [0.2, 0.25) is 0 Å². The van der Waals surface area contributed by atoms with Crippen LogP contribution in [-0.2, 0) is 0 Å². The highest BCUT2D eigenvalue weighted by Crippen LogP contribution is 2.31. The minimum atomic E-state index is -0.487. The number of unbranched alkanes of at least 4 members (excludes halogenated alkanes) is 3. The lowest BCUT2D eigenvalue weighted by Crippen LogP contribution is -2.11. The van der Waals surface area contributed by atoms with Crippen LogP contribution < -0.4 is 10.1 Å². The SMILES string of the molecule is CCCCCCNc1nc(C)nc(OCCC)c1[N+](=O)[O-]. The van der Waals surface area contributed by atoms with Gasteiger partial charge in [-0.2, -0.15) is 4.98 Å². The minimum absolute atomic E-state index is 0.0467. The fourth-order valence-corrected chi connectivity index (χ4v) is 1.89. The first-order valence-electron chi connectivity index (χ1n) is 7.49. The van der Waals surface area contributed by atoms with Gasteiger partial charge in [-0.15, -0.1) is 0 Å². The second-order valence-corrected chi connectivity index (χ2v) is 4.87. The van der Waals surface area contributed by atoms with Crippen LogP contribution >= 0.6 is 0 Å². The van der Waals surface area contributed by atoms with Gasteiger partial charge < -0.3 is 10.1 Å². The van der Waals surface area contributed by atoms with Gasteiger partial charge in [-0.3, -0.25) is 10.1 Å². The Morgan fingerprint density at radius 1 is 1.19 bits per heavy atom. The molecule has 118 valence electrons. The first kappa shape index (κ1) is 17.1. The Balaban J connectivity index is 2.84. The highest BCUT2D eigenvalue weighted by Gasteiger charge is 2.25. The summed E-state index contributed by atoms with van der Waals surface area (Å²) in [4.78, 5) is 18.9. The van der Waals surface area contributed by atoms with Gasteiger partial charge in [0.1, 0.15) is 5.82 Å². The molecule has 0 atom stereocenters. The van der Waals surface area contributed by atoms with Gasteiger partial charge in [0.25, 0.3) is 5.88 Å². The number of nitrogens with zero attached hydrogens (tertiary/aromatic N) is 3. The zero-order valence-electron chi connectivity index (χ0n) is 13.0. The van der Waals surface area contributed by atoms with E-state index in [1.54, 1.807) is 6.92 Å². The third kappa shape index (κ3) is 5.53. The number of ether oxygens (including phenoxy) is 1. The summed E-state index contributed by atoms with van der Waals surface area (Å²) in [6, 6.07) is 0. The average molecular weight is 296 g/mol. The Morgan fingerprint density at radius 3 is 2.57 bits per heavy atom. The molecule has 0 bridgehead atoms. The Kier molecular flexibility index (Phi) is 7.42. The Morgan fingerprint density at radius 2 is 1.95 bits per heavy atom. The zero-order valence-corrected chi connectivity index (χ0v) is 13.0. The van der Waals surface area contributed by atoms with Crippen LogP contribution in [0.1, 0.15) is 51.8 Å². The van der Waals surface area contributed by atoms with Gasteiger partial charge in [0.15, 0.2) is 0 Å². The summed E-state index contributed by atoms with van der Waals surface area (Å²) in [7, 11) is 0. The molecule has 0 aromatic carbocycles. The first-order chi connectivity index (χ1) is 10.1. The van der Waals surface area contributed by atoms with Crippen LogP contribution in [0.4, 0.5) is 11.5 Å². The molecule has 0 unspecified atom stereocenters. The predicted molar refractivity (Wildman–Crippen MR) is 81.8 cm³/mol. The molecule has 7 heteroatoms. The van der Waals surface area contributed by atoms with E-state index < -0.39 is 4.92 Å². The fraction of sp³-hybridized carbons (Fsp3) is 0.714. The van der Waals surface area contributed by atoms with Gasteiger partial charge in [0, 0.05) is 6.54 Å². The molecule has 0 saturated heterocycles. The molecule has 1 heterocycles. The molecule has 0 amide bonds. The average Bonchev–Trinajstić information content (AvgIpc) is 2.44. The molecule has 1 rings (SSSR count). The Labute approximate surface area is 125 Å². The molecule has 0 spiro atoms. The van der Waals surface area contributed by atoms with E-state index in [2.05, 4.69) is 22.2 Å². The van der Waals surface area contributed by atoms with Gasteiger partial charge in [0.2, 0.25) is 5.82 Å². The third-order valence-corrected chi connectivity index (χ3v) is 2.91.